The summed E-state index contributed by atoms with van der Waals surface area (Å²) in [6.45, 7) is 0. The minimum Gasteiger partial charge on any atom is -0.496 e. The molecule has 0 aliphatic heterocycles. The summed E-state index contributed by atoms with van der Waals surface area (Å²) in [6, 6.07) is 11.7. The van der Waals surface area contributed by atoms with Crippen molar-refractivity contribution < 1.29 is 14.5 Å². The monoisotopic (exact) mass is 257 g/mol. The second kappa shape index (κ2) is 5.30. The number of rotatable bonds is 4. The van der Waals surface area contributed by atoms with Gasteiger partial charge in [-0.15, -0.1) is 0 Å². The first-order valence-corrected chi connectivity index (χ1v) is 5.54. The van der Waals surface area contributed by atoms with Gasteiger partial charge in [0, 0.05) is 11.6 Å². The highest BCUT2D eigenvalue weighted by molar-refractivity contribution is 5.85. The maximum Gasteiger partial charge on any atom is 0.279 e. The summed E-state index contributed by atoms with van der Waals surface area (Å²) >= 11 is 0. The molecule has 0 aliphatic carbocycles. The fourth-order valence-corrected chi connectivity index (χ4v) is 1.87. The molecule has 96 valence electrons. The van der Waals surface area contributed by atoms with Gasteiger partial charge in [-0.25, -0.2) is 0 Å². The second-order valence-electron chi connectivity index (χ2n) is 3.85. The van der Waals surface area contributed by atoms with Gasteiger partial charge in [-0.1, -0.05) is 18.2 Å². The summed E-state index contributed by atoms with van der Waals surface area (Å²) in [6.07, 6.45) is 0.483. The van der Waals surface area contributed by atoms with Crippen LogP contribution in [0.2, 0.25) is 0 Å². The highest BCUT2D eigenvalue weighted by Gasteiger charge is 2.15. The van der Waals surface area contributed by atoms with Crippen molar-refractivity contribution in [3.05, 3.63) is 58.1 Å². The van der Waals surface area contributed by atoms with E-state index in [0.717, 1.165) is 5.56 Å². The number of nitro benzene ring substituents is 1. The molecular weight excluding hydrogens is 246 g/mol. The number of hydrogen-bond acceptors (Lipinski definition) is 4. The van der Waals surface area contributed by atoms with Gasteiger partial charge in [0.05, 0.1) is 17.6 Å². The third-order valence-electron chi connectivity index (χ3n) is 2.77. The van der Waals surface area contributed by atoms with E-state index in [1.165, 1.54) is 12.1 Å². The molecule has 0 heterocycles. The summed E-state index contributed by atoms with van der Waals surface area (Å²) in [4.78, 5) is 21.1. The third-order valence-corrected chi connectivity index (χ3v) is 2.77. The molecule has 0 amide bonds. The molecule has 0 aliphatic rings. The van der Waals surface area contributed by atoms with E-state index < -0.39 is 4.92 Å². The standard InChI is InChI=1S/C14H11NO4/c1-19-14-5-3-2-4-12(14)10-6-7-13(15(17)18)11(8-10)9-16/h2-9H,1H3. The fourth-order valence-electron chi connectivity index (χ4n) is 1.87. The molecule has 2 aromatic carbocycles. The molecular formula is C14H11NO4. The highest BCUT2D eigenvalue weighted by Crippen LogP contribution is 2.32. The van der Waals surface area contributed by atoms with Gasteiger partial charge < -0.3 is 4.74 Å². The lowest BCUT2D eigenvalue weighted by atomic mass is 10.0. The topological polar surface area (TPSA) is 69.4 Å². The van der Waals surface area contributed by atoms with Gasteiger partial charge in [0.1, 0.15) is 5.75 Å². The molecule has 0 saturated carbocycles. The maximum atomic E-state index is 10.9. The molecule has 0 saturated heterocycles. The second-order valence-corrected chi connectivity index (χ2v) is 3.85. The quantitative estimate of drug-likeness (QED) is 0.479. The highest BCUT2D eigenvalue weighted by atomic mass is 16.6. The van der Waals surface area contributed by atoms with E-state index in [0.29, 0.717) is 17.6 Å². The lowest BCUT2D eigenvalue weighted by molar-refractivity contribution is -0.385. The predicted octanol–water partition coefficient (Wildman–Crippen LogP) is 3.08. The zero-order chi connectivity index (χ0) is 13.8. The molecule has 0 bridgehead atoms. The van der Waals surface area contributed by atoms with E-state index in [-0.39, 0.29) is 11.3 Å². The van der Waals surface area contributed by atoms with Crippen molar-refractivity contribution in [1.29, 1.82) is 0 Å². The maximum absolute atomic E-state index is 10.9. The lowest BCUT2D eigenvalue weighted by Gasteiger charge is -2.08. The third kappa shape index (κ3) is 2.44. The van der Waals surface area contributed by atoms with Gasteiger partial charge in [-0.3, -0.25) is 14.9 Å². The van der Waals surface area contributed by atoms with Crippen LogP contribution in [0.25, 0.3) is 11.1 Å². The number of carbonyl (C=O) groups excluding carboxylic acids is 1. The molecule has 0 atom stereocenters. The molecule has 5 heteroatoms. The summed E-state index contributed by atoms with van der Waals surface area (Å²) in [5.74, 6) is 0.646. The average molecular weight is 257 g/mol. The van der Waals surface area contributed by atoms with Crippen LogP contribution in [0.3, 0.4) is 0 Å². The number of ether oxygens (including phenoxy) is 1. The normalized spacial score (nSPS) is 9.95. The van der Waals surface area contributed by atoms with Crippen LogP contribution >= 0.6 is 0 Å². The van der Waals surface area contributed by atoms with Crippen molar-refractivity contribution in [2.75, 3.05) is 7.11 Å². The molecule has 0 radical (unpaired) electrons. The van der Waals surface area contributed by atoms with E-state index in [2.05, 4.69) is 0 Å². The van der Waals surface area contributed by atoms with E-state index in [1.54, 1.807) is 19.2 Å². The Labute approximate surface area is 109 Å². The number of hydrogen-bond donors (Lipinski definition) is 0. The largest absolute Gasteiger partial charge is 0.496 e. The molecule has 2 rings (SSSR count). The number of para-hydroxylation sites is 1. The average Bonchev–Trinajstić information content (AvgIpc) is 2.46. The van der Waals surface area contributed by atoms with Crippen LogP contribution in [-0.2, 0) is 0 Å². The fraction of sp³-hybridized carbons (Fsp3) is 0.0714. The summed E-state index contributed by atoms with van der Waals surface area (Å²) < 4.78 is 5.23. The first-order valence-electron chi connectivity index (χ1n) is 5.54. The Kier molecular flexibility index (Phi) is 3.56. The number of aldehydes is 1. The van der Waals surface area contributed by atoms with Crippen LogP contribution in [0.5, 0.6) is 5.75 Å². The summed E-state index contributed by atoms with van der Waals surface area (Å²) in [5, 5.41) is 10.8. The minimum absolute atomic E-state index is 0.0495. The molecule has 5 nitrogen and oxygen atoms in total. The van der Waals surface area contributed by atoms with Crippen LogP contribution in [0.1, 0.15) is 10.4 Å². The van der Waals surface area contributed by atoms with Crippen LogP contribution in [0.4, 0.5) is 5.69 Å². The molecule has 2 aromatic rings. The molecule has 0 fully saturated rings. The Balaban J connectivity index is 2.58. The van der Waals surface area contributed by atoms with Crippen molar-refractivity contribution in [2.45, 2.75) is 0 Å². The first kappa shape index (κ1) is 12.8. The number of benzene rings is 2. The van der Waals surface area contributed by atoms with E-state index in [1.807, 2.05) is 18.2 Å². The van der Waals surface area contributed by atoms with Gasteiger partial charge in [-0.2, -0.15) is 0 Å². The molecule has 0 aromatic heterocycles. The van der Waals surface area contributed by atoms with E-state index in [9.17, 15) is 14.9 Å². The van der Waals surface area contributed by atoms with E-state index >= 15 is 0 Å². The lowest BCUT2D eigenvalue weighted by Crippen LogP contribution is -1.95. The number of carbonyl (C=O) groups is 1. The Hall–Kier alpha value is -2.69. The SMILES string of the molecule is COc1ccccc1-c1ccc([N+](=O)[O-])c(C=O)c1. The van der Waals surface area contributed by atoms with Crippen LogP contribution < -0.4 is 4.74 Å². The Bertz CT molecular complexity index is 637. The Morgan fingerprint density at radius 1 is 1.21 bits per heavy atom. The van der Waals surface area contributed by atoms with Crippen molar-refractivity contribution >= 4 is 12.0 Å². The van der Waals surface area contributed by atoms with Gasteiger partial charge in [0.15, 0.2) is 6.29 Å². The molecule has 19 heavy (non-hydrogen) atoms. The van der Waals surface area contributed by atoms with Crippen molar-refractivity contribution in [3.8, 4) is 16.9 Å². The number of nitrogens with zero attached hydrogens (tertiary/aromatic N) is 1. The van der Waals surface area contributed by atoms with Crippen LogP contribution in [0, 0.1) is 10.1 Å². The van der Waals surface area contributed by atoms with Crippen molar-refractivity contribution in [3.63, 3.8) is 0 Å². The smallest absolute Gasteiger partial charge is 0.279 e. The van der Waals surface area contributed by atoms with Gasteiger partial charge in [-0.05, 0) is 23.8 Å². The minimum atomic E-state index is -0.574. The zero-order valence-corrected chi connectivity index (χ0v) is 10.2. The molecule has 0 spiro atoms. The Morgan fingerprint density at radius 3 is 2.58 bits per heavy atom. The first-order chi connectivity index (χ1) is 9.17. The zero-order valence-electron chi connectivity index (χ0n) is 10.2. The van der Waals surface area contributed by atoms with Gasteiger partial charge in [0.25, 0.3) is 5.69 Å². The van der Waals surface area contributed by atoms with Crippen molar-refractivity contribution in [1.82, 2.24) is 0 Å². The van der Waals surface area contributed by atoms with E-state index in [4.69, 9.17) is 4.74 Å². The molecule has 0 N–H and O–H groups in total. The predicted molar refractivity (Wildman–Crippen MR) is 70.5 cm³/mol. The van der Waals surface area contributed by atoms with Crippen LogP contribution in [0.15, 0.2) is 42.5 Å². The summed E-state index contributed by atoms with van der Waals surface area (Å²) in [5.41, 5.74) is 1.33. The van der Waals surface area contributed by atoms with Gasteiger partial charge >= 0.3 is 0 Å². The van der Waals surface area contributed by atoms with Crippen LogP contribution in [-0.4, -0.2) is 18.3 Å². The number of nitro groups is 1. The summed E-state index contributed by atoms with van der Waals surface area (Å²) in [7, 11) is 1.55. The molecule has 0 unspecified atom stereocenters. The number of methoxy groups -OCH3 is 1. The van der Waals surface area contributed by atoms with Crippen molar-refractivity contribution in [2.24, 2.45) is 0 Å². The Morgan fingerprint density at radius 2 is 1.95 bits per heavy atom. The van der Waals surface area contributed by atoms with Gasteiger partial charge in [0.2, 0.25) is 0 Å².